The van der Waals surface area contributed by atoms with Gasteiger partial charge in [-0.3, -0.25) is 0 Å². The third-order valence-electron chi connectivity index (χ3n) is 2.34. The lowest BCUT2D eigenvalue weighted by Gasteiger charge is -2.28. The maximum absolute atomic E-state index is 10.4. The standard InChI is InChI=1S/C9H19N3O2/c1-7-6-8(2-5-14-7)11-3-4-12-9(10)13/h7-8,11H,2-6H2,1H3,(H3,10,12,13). The fourth-order valence-electron chi connectivity index (χ4n) is 1.65. The van der Waals surface area contributed by atoms with Crippen LogP contribution in [0.1, 0.15) is 19.8 Å². The molecule has 14 heavy (non-hydrogen) atoms. The maximum Gasteiger partial charge on any atom is 0.312 e. The summed E-state index contributed by atoms with van der Waals surface area (Å²) >= 11 is 0. The zero-order valence-corrected chi connectivity index (χ0v) is 8.58. The highest BCUT2D eigenvalue weighted by molar-refractivity contribution is 5.71. The Balaban J connectivity index is 2.03. The van der Waals surface area contributed by atoms with Crippen LogP contribution in [-0.2, 0) is 4.74 Å². The van der Waals surface area contributed by atoms with E-state index in [0.717, 1.165) is 26.0 Å². The van der Waals surface area contributed by atoms with Crippen LogP contribution in [0.5, 0.6) is 0 Å². The number of urea groups is 1. The summed E-state index contributed by atoms with van der Waals surface area (Å²) in [5, 5.41) is 5.90. The normalized spacial score (nSPS) is 27.2. The van der Waals surface area contributed by atoms with E-state index in [9.17, 15) is 4.79 Å². The number of carbonyl (C=O) groups excluding carboxylic acids is 1. The van der Waals surface area contributed by atoms with Gasteiger partial charge < -0.3 is 21.1 Å². The summed E-state index contributed by atoms with van der Waals surface area (Å²) in [6.07, 6.45) is 2.42. The molecule has 2 unspecified atom stereocenters. The van der Waals surface area contributed by atoms with Crippen molar-refractivity contribution in [1.82, 2.24) is 10.6 Å². The third-order valence-corrected chi connectivity index (χ3v) is 2.34. The van der Waals surface area contributed by atoms with E-state index in [1.165, 1.54) is 0 Å². The molecule has 2 amide bonds. The van der Waals surface area contributed by atoms with Crippen LogP contribution in [0.15, 0.2) is 0 Å². The number of rotatable bonds is 4. The SMILES string of the molecule is CC1CC(NCCNC(N)=O)CCO1. The molecule has 1 heterocycles. The van der Waals surface area contributed by atoms with Crippen LogP contribution < -0.4 is 16.4 Å². The average molecular weight is 201 g/mol. The first kappa shape index (κ1) is 11.3. The molecule has 0 aromatic carbocycles. The van der Waals surface area contributed by atoms with E-state index in [-0.39, 0.29) is 0 Å². The number of ether oxygens (including phenoxy) is 1. The Morgan fingerprint density at radius 3 is 3.00 bits per heavy atom. The Hall–Kier alpha value is -0.810. The molecule has 1 aliphatic heterocycles. The minimum absolute atomic E-state index is 0.338. The van der Waals surface area contributed by atoms with Gasteiger partial charge in [-0.2, -0.15) is 0 Å². The van der Waals surface area contributed by atoms with Crippen LogP contribution in [-0.4, -0.2) is 37.9 Å². The number of hydrogen-bond donors (Lipinski definition) is 3. The molecule has 1 fully saturated rings. The second-order valence-corrected chi connectivity index (χ2v) is 3.65. The topological polar surface area (TPSA) is 76.4 Å². The zero-order valence-electron chi connectivity index (χ0n) is 8.58. The molecule has 0 aromatic heterocycles. The molecule has 82 valence electrons. The van der Waals surface area contributed by atoms with Gasteiger partial charge in [-0.05, 0) is 19.8 Å². The van der Waals surface area contributed by atoms with E-state index in [4.69, 9.17) is 10.5 Å². The van der Waals surface area contributed by atoms with Crippen molar-refractivity contribution in [3.05, 3.63) is 0 Å². The van der Waals surface area contributed by atoms with Crippen molar-refractivity contribution in [3.63, 3.8) is 0 Å². The van der Waals surface area contributed by atoms with E-state index in [0.29, 0.717) is 18.7 Å². The highest BCUT2D eigenvalue weighted by Gasteiger charge is 2.18. The van der Waals surface area contributed by atoms with Crippen molar-refractivity contribution in [2.45, 2.75) is 31.9 Å². The molecular weight excluding hydrogens is 182 g/mol. The van der Waals surface area contributed by atoms with Crippen LogP contribution in [0.25, 0.3) is 0 Å². The monoisotopic (exact) mass is 201 g/mol. The molecule has 2 atom stereocenters. The molecule has 0 saturated carbocycles. The molecule has 1 aliphatic rings. The van der Waals surface area contributed by atoms with Gasteiger partial charge in [-0.25, -0.2) is 4.79 Å². The lowest BCUT2D eigenvalue weighted by atomic mass is 10.0. The van der Waals surface area contributed by atoms with Gasteiger partial charge in [-0.15, -0.1) is 0 Å². The largest absolute Gasteiger partial charge is 0.378 e. The predicted octanol–water partition coefficient (Wildman–Crippen LogP) is -0.188. The van der Waals surface area contributed by atoms with Gasteiger partial charge in [0.15, 0.2) is 0 Å². The van der Waals surface area contributed by atoms with E-state index in [1.807, 2.05) is 0 Å². The summed E-state index contributed by atoms with van der Waals surface area (Å²) < 4.78 is 5.42. The van der Waals surface area contributed by atoms with Crippen molar-refractivity contribution in [1.29, 1.82) is 0 Å². The Kier molecular flexibility index (Phi) is 4.69. The molecule has 0 aliphatic carbocycles. The molecule has 4 N–H and O–H groups in total. The van der Waals surface area contributed by atoms with E-state index < -0.39 is 6.03 Å². The summed E-state index contributed by atoms with van der Waals surface area (Å²) in [5.74, 6) is 0. The number of hydrogen-bond acceptors (Lipinski definition) is 3. The van der Waals surface area contributed by atoms with Gasteiger partial charge in [0, 0.05) is 25.7 Å². The maximum atomic E-state index is 10.4. The first-order valence-electron chi connectivity index (χ1n) is 5.07. The van der Waals surface area contributed by atoms with Gasteiger partial charge in [0.05, 0.1) is 6.10 Å². The zero-order chi connectivity index (χ0) is 10.4. The van der Waals surface area contributed by atoms with Crippen LogP contribution in [0, 0.1) is 0 Å². The number of nitrogens with one attached hydrogen (secondary N) is 2. The molecule has 0 spiro atoms. The van der Waals surface area contributed by atoms with Crippen molar-refractivity contribution in [3.8, 4) is 0 Å². The van der Waals surface area contributed by atoms with Gasteiger partial charge >= 0.3 is 6.03 Å². The van der Waals surface area contributed by atoms with Crippen molar-refractivity contribution in [2.75, 3.05) is 19.7 Å². The second kappa shape index (κ2) is 5.82. The molecule has 1 saturated heterocycles. The van der Waals surface area contributed by atoms with Gasteiger partial charge in [0.25, 0.3) is 0 Å². The molecule has 0 bridgehead atoms. The summed E-state index contributed by atoms with van der Waals surface area (Å²) in [4.78, 5) is 10.4. The van der Waals surface area contributed by atoms with Crippen molar-refractivity contribution in [2.24, 2.45) is 5.73 Å². The van der Waals surface area contributed by atoms with Crippen molar-refractivity contribution < 1.29 is 9.53 Å². The summed E-state index contributed by atoms with van der Waals surface area (Å²) in [6, 6.07) is 0.0422. The first-order valence-corrected chi connectivity index (χ1v) is 5.07. The Bertz CT molecular complexity index is 187. The van der Waals surface area contributed by atoms with Gasteiger partial charge in [0.2, 0.25) is 0 Å². The molecular formula is C9H19N3O2. The minimum Gasteiger partial charge on any atom is -0.378 e. The van der Waals surface area contributed by atoms with Gasteiger partial charge in [-0.1, -0.05) is 0 Å². The Morgan fingerprint density at radius 2 is 2.36 bits per heavy atom. The van der Waals surface area contributed by atoms with Crippen LogP contribution in [0.2, 0.25) is 0 Å². The fourth-order valence-corrected chi connectivity index (χ4v) is 1.65. The smallest absolute Gasteiger partial charge is 0.312 e. The molecule has 0 radical (unpaired) electrons. The Morgan fingerprint density at radius 1 is 1.57 bits per heavy atom. The van der Waals surface area contributed by atoms with E-state index in [1.54, 1.807) is 0 Å². The molecule has 5 heteroatoms. The number of amides is 2. The Labute approximate surface area is 84.4 Å². The van der Waals surface area contributed by atoms with Crippen LogP contribution >= 0.6 is 0 Å². The molecule has 5 nitrogen and oxygen atoms in total. The van der Waals surface area contributed by atoms with Crippen LogP contribution in [0.3, 0.4) is 0 Å². The third kappa shape index (κ3) is 4.43. The van der Waals surface area contributed by atoms with E-state index in [2.05, 4.69) is 17.6 Å². The lowest BCUT2D eigenvalue weighted by molar-refractivity contribution is 0.0135. The quantitative estimate of drug-likeness (QED) is 0.552. The predicted molar refractivity (Wildman–Crippen MR) is 54.0 cm³/mol. The molecule has 1 rings (SSSR count). The minimum atomic E-state index is -0.466. The average Bonchev–Trinajstić information content (AvgIpc) is 2.12. The lowest BCUT2D eigenvalue weighted by Crippen LogP contribution is -2.42. The molecule has 0 aromatic rings. The fraction of sp³-hybridized carbons (Fsp3) is 0.889. The summed E-state index contributed by atoms with van der Waals surface area (Å²) in [6.45, 7) is 4.25. The second-order valence-electron chi connectivity index (χ2n) is 3.65. The summed E-state index contributed by atoms with van der Waals surface area (Å²) in [7, 11) is 0. The first-order chi connectivity index (χ1) is 6.68. The van der Waals surface area contributed by atoms with Crippen molar-refractivity contribution >= 4 is 6.03 Å². The number of nitrogens with two attached hydrogens (primary N) is 1. The number of primary amides is 1. The highest BCUT2D eigenvalue weighted by atomic mass is 16.5. The van der Waals surface area contributed by atoms with E-state index >= 15 is 0 Å². The number of carbonyl (C=O) groups is 1. The highest BCUT2D eigenvalue weighted by Crippen LogP contribution is 2.12. The summed E-state index contributed by atoms with van der Waals surface area (Å²) in [5.41, 5.74) is 4.94. The van der Waals surface area contributed by atoms with Crippen LogP contribution in [0.4, 0.5) is 4.79 Å². The van der Waals surface area contributed by atoms with Gasteiger partial charge in [0.1, 0.15) is 0 Å².